The molecule has 2 aromatic carbocycles. The maximum atomic E-state index is 12.9. The van der Waals surface area contributed by atoms with Gasteiger partial charge in [-0.2, -0.15) is 0 Å². The number of methoxy groups -OCH3 is 1. The molecule has 1 fully saturated rings. The van der Waals surface area contributed by atoms with E-state index in [1.54, 1.807) is 13.2 Å². The molecule has 1 aliphatic heterocycles. The zero-order chi connectivity index (χ0) is 21.2. The number of ether oxygens (including phenoxy) is 1. The second kappa shape index (κ2) is 8.81. The average molecular weight is 457 g/mol. The van der Waals surface area contributed by atoms with E-state index in [0.29, 0.717) is 30.1 Å². The van der Waals surface area contributed by atoms with E-state index < -0.39 is 15.9 Å². The van der Waals surface area contributed by atoms with Gasteiger partial charge in [0.2, 0.25) is 10.0 Å². The number of carbonyl (C=O) groups is 1. The van der Waals surface area contributed by atoms with E-state index in [4.69, 9.17) is 27.9 Å². The van der Waals surface area contributed by atoms with Gasteiger partial charge in [0, 0.05) is 18.3 Å². The lowest BCUT2D eigenvalue weighted by Gasteiger charge is -2.19. The Bertz CT molecular complexity index is 1040. The highest BCUT2D eigenvalue weighted by atomic mass is 35.5. The average Bonchev–Trinajstić information content (AvgIpc) is 3.02. The van der Waals surface area contributed by atoms with Gasteiger partial charge in [-0.05, 0) is 42.7 Å². The quantitative estimate of drug-likeness (QED) is 0.680. The number of halogens is 2. The summed E-state index contributed by atoms with van der Waals surface area (Å²) < 4.78 is 31.0. The molecule has 156 valence electrons. The third-order valence-electron chi connectivity index (χ3n) is 4.64. The Hall–Kier alpha value is -1.96. The van der Waals surface area contributed by atoms with Gasteiger partial charge in [-0.25, -0.2) is 8.42 Å². The van der Waals surface area contributed by atoms with Crippen LogP contribution in [0, 0.1) is 0 Å². The fourth-order valence-electron chi connectivity index (χ4n) is 3.30. The number of anilines is 2. The predicted octanol–water partition coefficient (Wildman–Crippen LogP) is 4.75. The standard InChI is InChI=1S/C20H22Cl2N2O4S/c1-3-5-13-8-14(10-16(9-13)28-2)23-20(25)17-11-15(12-18(21)19(17)22)24-6-4-7-29(24,26)27/h8-12H,3-7H2,1-2H3,(H,23,25). The summed E-state index contributed by atoms with van der Waals surface area (Å²) in [6.07, 6.45) is 2.32. The molecule has 9 heteroatoms. The number of benzene rings is 2. The van der Waals surface area contributed by atoms with Crippen molar-refractivity contribution in [3.05, 3.63) is 51.5 Å². The Morgan fingerprint density at radius 2 is 1.97 bits per heavy atom. The lowest BCUT2D eigenvalue weighted by atomic mass is 10.1. The van der Waals surface area contributed by atoms with Gasteiger partial charge in [0.05, 0.1) is 34.2 Å². The third-order valence-corrected chi connectivity index (χ3v) is 7.31. The molecule has 2 aromatic rings. The van der Waals surface area contributed by atoms with Crippen molar-refractivity contribution in [1.82, 2.24) is 0 Å². The van der Waals surface area contributed by atoms with Gasteiger partial charge >= 0.3 is 0 Å². The zero-order valence-corrected chi connectivity index (χ0v) is 18.5. The van der Waals surface area contributed by atoms with Crippen molar-refractivity contribution in [2.24, 2.45) is 0 Å². The van der Waals surface area contributed by atoms with E-state index in [-0.39, 0.29) is 21.4 Å². The van der Waals surface area contributed by atoms with Crippen molar-refractivity contribution in [3.8, 4) is 5.75 Å². The van der Waals surface area contributed by atoms with E-state index in [0.717, 1.165) is 18.4 Å². The van der Waals surface area contributed by atoms with Crippen LogP contribution >= 0.6 is 23.2 Å². The summed E-state index contributed by atoms with van der Waals surface area (Å²) in [5.74, 6) is 0.219. The summed E-state index contributed by atoms with van der Waals surface area (Å²) in [4.78, 5) is 12.9. The molecule has 1 N–H and O–H groups in total. The van der Waals surface area contributed by atoms with Gasteiger partial charge in [-0.15, -0.1) is 0 Å². The molecule has 1 amide bonds. The summed E-state index contributed by atoms with van der Waals surface area (Å²) in [7, 11) is -1.85. The first-order chi connectivity index (χ1) is 13.7. The fourth-order valence-corrected chi connectivity index (χ4v) is 5.25. The number of amides is 1. The van der Waals surface area contributed by atoms with Crippen LogP contribution in [0.5, 0.6) is 5.75 Å². The molecule has 0 unspecified atom stereocenters. The van der Waals surface area contributed by atoms with Gasteiger partial charge in [-0.3, -0.25) is 9.10 Å². The first-order valence-corrected chi connectivity index (χ1v) is 11.6. The molecule has 1 saturated heterocycles. The van der Waals surface area contributed by atoms with E-state index in [1.807, 2.05) is 12.1 Å². The van der Waals surface area contributed by atoms with Gasteiger partial charge in [-0.1, -0.05) is 36.5 Å². The summed E-state index contributed by atoms with van der Waals surface area (Å²) in [5.41, 5.74) is 2.03. The van der Waals surface area contributed by atoms with Crippen LogP contribution in [0.4, 0.5) is 11.4 Å². The normalized spacial score (nSPS) is 15.4. The topological polar surface area (TPSA) is 75.7 Å². The van der Waals surface area contributed by atoms with Crippen molar-refractivity contribution in [2.45, 2.75) is 26.2 Å². The van der Waals surface area contributed by atoms with Gasteiger partial charge < -0.3 is 10.1 Å². The van der Waals surface area contributed by atoms with Gasteiger partial charge in [0.1, 0.15) is 5.75 Å². The first kappa shape index (κ1) is 21.7. The van der Waals surface area contributed by atoms with Crippen LogP contribution in [-0.4, -0.2) is 33.7 Å². The first-order valence-electron chi connectivity index (χ1n) is 9.24. The largest absolute Gasteiger partial charge is 0.497 e. The van der Waals surface area contributed by atoms with Gasteiger partial charge in [0.25, 0.3) is 5.91 Å². The van der Waals surface area contributed by atoms with Crippen molar-refractivity contribution in [3.63, 3.8) is 0 Å². The van der Waals surface area contributed by atoms with Crippen LogP contribution in [0.2, 0.25) is 10.0 Å². The van der Waals surface area contributed by atoms with Crippen molar-refractivity contribution < 1.29 is 17.9 Å². The smallest absolute Gasteiger partial charge is 0.257 e. The lowest BCUT2D eigenvalue weighted by Crippen LogP contribution is -2.25. The molecule has 29 heavy (non-hydrogen) atoms. The van der Waals surface area contributed by atoms with Crippen LogP contribution in [0.25, 0.3) is 0 Å². The minimum Gasteiger partial charge on any atom is -0.497 e. The second-order valence-corrected chi connectivity index (χ2v) is 9.60. The molecule has 6 nitrogen and oxygen atoms in total. The minimum atomic E-state index is -3.41. The second-order valence-electron chi connectivity index (χ2n) is 6.80. The summed E-state index contributed by atoms with van der Waals surface area (Å²) >= 11 is 12.5. The van der Waals surface area contributed by atoms with Crippen LogP contribution in [0.1, 0.15) is 35.7 Å². The monoisotopic (exact) mass is 456 g/mol. The van der Waals surface area contributed by atoms with E-state index in [1.165, 1.54) is 16.4 Å². The van der Waals surface area contributed by atoms with Gasteiger partial charge in [0.15, 0.2) is 0 Å². The molecule has 0 bridgehead atoms. The van der Waals surface area contributed by atoms with Crippen molar-refractivity contribution >= 4 is 50.5 Å². The highest BCUT2D eigenvalue weighted by Crippen LogP contribution is 2.35. The highest BCUT2D eigenvalue weighted by molar-refractivity contribution is 7.93. The van der Waals surface area contributed by atoms with E-state index in [2.05, 4.69) is 12.2 Å². The van der Waals surface area contributed by atoms with Crippen molar-refractivity contribution in [2.75, 3.05) is 29.0 Å². The Morgan fingerprint density at radius 3 is 2.59 bits per heavy atom. The number of rotatable bonds is 6. The molecule has 0 aromatic heterocycles. The SMILES string of the molecule is CCCc1cc(NC(=O)c2cc(N3CCCS3(=O)=O)cc(Cl)c2Cl)cc(OC)c1. The number of hydrogen-bond acceptors (Lipinski definition) is 4. The van der Waals surface area contributed by atoms with Crippen LogP contribution in [-0.2, 0) is 16.4 Å². The van der Waals surface area contributed by atoms with E-state index >= 15 is 0 Å². The number of nitrogens with one attached hydrogen (secondary N) is 1. The number of nitrogens with zero attached hydrogens (tertiary/aromatic N) is 1. The molecule has 0 spiro atoms. The van der Waals surface area contributed by atoms with Crippen LogP contribution < -0.4 is 14.4 Å². The molecule has 0 atom stereocenters. The third kappa shape index (κ3) is 4.79. The molecule has 0 radical (unpaired) electrons. The van der Waals surface area contributed by atoms with Crippen LogP contribution in [0.15, 0.2) is 30.3 Å². The Kier molecular flexibility index (Phi) is 6.61. The number of hydrogen-bond donors (Lipinski definition) is 1. The molecule has 0 saturated carbocycles. The van der Waals surface area contributed by atoms with Crippen LogP contribution in [0.3, 0.4) is 0 Å². The number of carbonyl (C=O) groups excluding carboxylic acids is 1. The lowest BCUT2D eigenvalue weighted by molar-refractivity contribution is 0.102. The summed E-state index contributed by atoms with van der Waals surface area (Å²) in [6.45, 7) is 2.41. The maximum Gasteiger partial charge on any atom is 0.257 e. The molecular weight excluding hydrogens is 435 g/mol. The Balaban J connectivity index is 1.94. The Labute approximate surface area is 180 Å². The Morgan fingerprint density at radius 1 is 1.21 bits per heavy atom. The molecule has 3 rings (SSSR count). The number of aryl methyl sites for hydroxylation is 1. The fraction of sp³-hybridized carbons (Fsp3) is 0.350. The molecule has 1 aliphatic rings. The van der Waals surface area contributed by atoms with E-state index in [9.17, 15) is 13.2 Å². The molecular formula is C20H22Cl2N2O4S. The summed E-state index contributed by atoms with van der Waals surface area (Å²) in [6, 6.07) is 8.42. The predicted molar refractivity (Wildman–Crippen MR) is 117 cm³/mol. The minimum absolute atomic E-state index is 0.0682. The zero-order valence-electron chi connectivity index (χ0n) is 16.2. The molecule has 1 heterocycles. The highest BCUT2D eigenvalue weighted by Gasteiger charge is 2.30. The van der Waals surface area contributed by atoms with Crippen molar-refractivity contribution in [1.29, 1.82) is 0 Å². The molecule has 0 aliphatic carbocycles. The summed E-state index contributed by atoms with van der Waals surface area (Å²) in [5, 5.41) is 3.00. The number of sulfonamides is 1. The maximum absolute atomic E-state index is 12.9.